The largest absolute Gasteiger partial charge is 0.465 e. The van der Waals surface area contributed by atoms with Gasteiger partial charge in [0.05, 0.1) is 17.4 Å². The van der Waals surface area contributed by atoms with Gasteiger partial charge in [-0.3, -0.25) is 9.80 Å². The molecule has 0 aliphatic carbocycles. The number of rotatable bonds is 8. The molecular weight excluding hydrogens is 474 g/mol. The molecule has 0 radical (unpaired) electrons. The minimum Gasteiger partial charge on any atom is -0.465 e. The minimum absolute atomic E-state index is 0.177. The predicted octanol–water partition coefficient (Wildman–Crippen LogP) is 5.32. The Bertz CT molecular complexity index is 1230. The van der Waals surface area contributed by atoms with E-state index in [4.69, 9.17) is 4.98 Å². The van der Waals surface area contributed by atoms with Crippen LogP contribution in [-0.2, 0) is 19.5 Å². The van der Waals surface area contributed by atoms with Crippen LogP contribution in [-0.4, -0.2) is 55.7 Å². The smallest absolute Gasteiger partial charge is 0.405 e. The van der Waals surface area contributed by atoms with Crippen LogP contribution in [0.4, 0.5) is 4.79 Å². The summed E-state index contributed by atoms with van der Waals surface area (Å²) in [5, 5.41) is 12.2. The fraction of sp³-hybridized carbons (Fsp3) is 0.484. The molecular formula is C31H39N5O2. The second-order valence-corrected chi connectivity index (χ2v) is 11.3. The molecule has 3 aromatic rings. The molecule has 1 aromatic heterocycles. The summed E-state index contributed by atoms with van der Waals surface area (Å²) < 4.78 is 2.59. The van der Waals surface area contributed by atoms with Gasteiger partial charge in [0.25, 0.3) is 0 Å². The maximum absolute atomic E-state index is 11.5. The van der Waals surface area contributed by atoms with Gasteiger partial charge in [-0.05, 0) is 50.2 Å². The van der Waals surface area contributed by atoms with Gasteiger partial charge < -0.3 is 15.0 Å². The van der Waals surface area contributed by atoms with Crippen molar-refractivity contribution in [2.75, 3.05) is 13.1 Å². The number of carbonyl (C=O) groups is 1. The van der Waals surface area contributed by atoms with Crippen molar-refractivity contribution in [2.24, 2.45) is 0 Å². The van der Waals surface area contributed by atoms with Crippen molar-refractivity contribution < 1.29 is 9.90 Å². The van der Waals surface area contributed by atoms with E-state index in [1.807, 2.05) is 30.3 Å². The van der Waals surface area contributed by atoms with Crippen molar-refractivity contribution in [2.45, 2.75) is 82.7 Å². The first-order valence-corrected chi connectivity index (χ1v) is 14.2. The fourth-order valence-corrected chi connectivity index (χ4v) is 7.29. The van der Waals surface area contributed by atoms with Gasteiger partial charge in [-0.1, -0.05) is 60.7 Å². The second-order valence-electron chi connectivity index (χ2n) is 11.3. The number of imidazole rings is 1. The number of piperidine rings is 1. The monoisotopic (exact) mass is 513 g/mol. The molecule has 38 heavy (non-hydrogen) atoms. The predicted molar refractivity (Wildman–Crippen MR) is 148 cm³/mol. The molecule has 200 valence electrons. The van der Waals surface area contributed by atoms with Gasteiger partial charge in [0, 0.05) is 50.7 Å². The number of aromatic nitrogens is 2. The van der Waals surface area contributed by atoms with Crippen LogP contribution in [0.1, 0.15) is 72.5 Å². The zero-order valence-corrected chi connectivity index (χ0v) is 22.3. The van der Waals surface area contributed by atoms with E-state index >= 15 is 0 Å². The van der Waals surface area contributed by atoms with Gasteiger partial charge in [-0.2, -0.15) is 0 Å². The van der Waals surface area contributed by atoms with Gasteiger partial charge >= 0.3 is 6.09 Å². The van der Waals surface area contributed by atoms with Gasteiger partial charge in [0.2, 0.25) is 0 Å². The summed E-state index contributed by atoms with van der Waals surface area (Å²) in [5.74, 6) is 1.17. The third kappa shape index (κ3) is 5.22. The Morgan fingerprint density at radius 3 is 2.39 bits per heavy atom. The number of nitrogens with zero attached hydrogens (tertiary/aromatic N) is 4. The SMILES string of the molecule is Cc1nc2c(n1C1C[C@H]3CC[C@@H](C1)N3CC[C@H](NC(=O)O)c1ccccc1)CN(Cc1ccccc1)CC2. The molecule has 4 heterocycles. The van der Waals surface area contributed by atoms with Crippen molar-refractivity contribution in [1.82, 2.24) is 24.7 Å². The molecule has 1 amide bonds. The number of hydrogen-bond donors (Lipinski definition) is 2. The van der Waals surface area contributed by atoms with Crippen molar-refractivity contribution in [1.29, 1.82) is 0 Å². The summed E-state index contributed by atoms with van der Waals surface area (Å²) in [6.07, 6.45) is 5.64. The first-order valence-electron chi connectivity index (χ1n) is 14.2. The van der Waals surface area contributed by atoms with E-state index in [1.54, 1.807) is 0 Å². The summed E-state index contributed by atoms with van der Waals surface area (Å²) in [6, 6.07) is 22.2. The topological polar surface area (TPSA) is 73.6 Å². The minimum atomic E-state index is -0.956. The van der Waals surface area contributed by atoms with Crippen molar-refractivity contribution >= 4 is 6.09 Å². The molecule has 2 N–H and O–H groups in total. The Hall–Kier alpha value is -3.16. The molecule has 2 bridgehead atoms. The van der Waals surface area contributed by atoms with Crippen LogP contribution < -0.4 is 5.32 Å². The Morgan fingerprint density at radius 2 is 1.71 bits per heavy atom. The summed E-state index contributed by atoms with van der Waals surface area (Å²) in [6.45, 7) is 6.14. The molecule has 6 rings (SSSR count). The van der Waals surface area contributed by atoms with Crippen LogP contribution in [0.5, 0.6) is 0 Å². The van der Waals surface area contributed by atoms with Crippen molar-refractivity contribution in [3.8, 4) is 0 Å². The van der Waals surface area contributed by atoms with E-state index in [9.17, 15) is 9.90 Å². The standard InChI is InChI=1S/C31H39N5O2/c1-22-32-29-14-16-34(20-23-8-4-2-5-9-23)21-30(29)36(22)27-18-25-12-13-26(19-27)35(25)17-15-28(33-31(37)38)24-10-6-3-7-11-24/h2-11,25-28,33H,12-21H2,1H3,(H,37,38)/t25-,26+,27?,28-/m0/s1. The first-order chi connectivity index (χ1) is 18.5. The highest BCUT2D eigenvalue weighted by Gasteiger charge is 2.42. The zero-order chi connectivity index (χ0) is 26.1. The van der Waals surface area contributed by atoms with Crippen LogP contribution in [0.15, 0.2) is 60.7 Å². The Balaban J connectivity index is 1.13. The first kappa shape index (κ1) is 25.1. The lowest BCUT2D eigenvalue weighted by Crippen LogP contribution is -2.45. The maximum atomic E-state index is 11.5. The molecule has 4 atom stereocenters. The fourth-order valence-electron chi connectivity index (χ4n) is 7.29. The third-order valence-electron chi connectivity index (χ3n) is 8.96. The van der Waals surface area contributed by atoms with E-state index in [-0.39, 0.29) is 6.04 Å². The highest BCUT2D eigenvalue weighted by Crippen LogP contribution is 2.43. The lowest BCUT2D eigenvalue weighted by molar-refractivity contribution is 0.0982. The van der Waals surface area contributed by atoms with Gasteiger partial charge in [-0.25, -0.2) is 9.78 Å². The number of fused-ring (bicyclic) bond motifs is 3. The van der Waals surface area contributed by atoms with Crippen LogP contribution >= 0.6 is 0 Å². The van der Waals surface area contributed by atoms with E-state index in [0.717, 1.165) is 57.4 Å². The molecule has 1 unspecified atom stereocenters. The molecule has 0 saturated carbocycles. The highest BCUT2D eigenvalue weighted by molar-refractivity contribution is 5.65. The number of aryl methyl sites for hydroxylation is 1. The molecule has 0 spiro atoms. The van der Waals surface area contributed by atoms with Crippen LogP contribution in [0.2, 0.25) is 0 Å². The highest BCUT2D eigenvalue weighted by atomic mass is 16.4. The lowest BCUT2D eigenvalue weighted by atomic mass is 9.95. The van der Waals surface area contributed by atoms with Gasteiger partial charge in [0.1, 0.15) is 5.82 Å². The normalized spacial score (nSPS) is 24.2. The molecule has 3 aliphatic rings. The zero-order valence-electron chi connectivity index (χ0n) is 22.3. The molecule has 7 heteroatoms. The quantitative estimate of drug-likeness (QED) is 0.427. The van der Waals surface area contributed by atoms with Crippen LogP contribution in [0.3, 0.4) is 0 Å². The van der Waals surface area contributed by atoms with E-state index in [2.05, 4.69) is 56.9 Å². The number of hydrogen-bond acceptors (Lipinski definition) is 4. The number of benzene rings is 2. The van der Waals surface area contributed by atoms with E-state index in [1.165, 1.54) is 35.6 Å². The Kier molecular flexibility index (Phi) is 7.22. The Labute approximate surface area is 225 Å². The molecule has 2 saturated heterocycles. The Morgan fingerprint density at radius 1 is 1.03 bits per heavy atom. The van der Waals surface area contributed by atoms with Crippen molar-refractivity contribution in [3.63, 3.8) is 0 Å². The number of carboxylic acid groups (broad SMARTS) is 1. The van der Waals surface area contributed by atoms with Crippen molar-refractivity contribution in [3.05, 3.63) is 89.0 Å². The molecule has 2 fully saturated rings. The van der Waals surface area contributed by atoms with Crippen LogP contribution in [0, 0.1) is 6.92 Å². The van der Waals surface area contributed by atoms with Gasteiger partial charge in [-0.15, -0.1) is 0 Å². The van der Waals surface area contributed by atoms with E-state index < -0.39 is 6.09 Å². The average Bonchev–Trinajstić information content (AvgIpc) is 3.37. The number of amides is 1. The molecule has 7 nitrogen and oxygen atoms in total. The van der Waals surface area contributed by atoms with E-state index in [0.29, 0.717) is 18.1 Å². The average molecular weight is 514 g/mol. The lowest BCUT2D eigenvalue weighted by Gasteiger charge is -2.41. The summed E-state index contributed by atoms with van der Waals surface area (Å²) in [5.41, 5.74) is 5.14. The van der Waals surface area contributed by atoms with Gasteiger partial charge in [0.15, 0.2) is 0 Å². The summed E-state index contributed by atoms with van der Waals surface area (Å²) in [4.78, 5) is 21.8. The summed E-state index contributed by atoms with van der Waals surface area (Å²) >= 11 is 0. The number of nitrogens with one attached hydrogen (secondary N) is 1. The molecule has 3 aliphatic heterocycles. The third-order valence-corrected chi connectivity index (χ3v) is 8.96. The summed E-state index contributed by atoms with van der Waals surface area (Å²) in [7, 11) is 0. The maximum Gasteiger partial charge on any atom is 0.405 e. The molecule has 2 aromatic carbocycles. The van der Waals surface area contributed by atoms with Crippen LogP contribution in [0.25, 0.3) is 0 Å². The second kappa shape index (κ2) is 10.9.